The Morgan fingerprint density at radius 3 is 1.21 bits per heavy atom. The van der Waals surface area contributed by atoms with Crippen LogP contribution in [0, 0.1) is 0 Å². The van der Waals surface area contributed by atoms with Gasteiger partial charge in [0.05, 0.1) is 26.4 Å². The summed E-state index contributed by atoms with van der Waals surface area (Å²) in [4.78, 5) is 4.78. The number of hydrogen-bond donors (Lipinski definition) is 0. The van der Waals surface area contributed by atoms with E-state index in [0.29, 0.717) is 0 Å². The van der Waals surface area contributed by atoms with Crippen LogP contribution in [0.2, 0.25) is 0 Å². The van der Waals surface area contributed by atoms with Gasteiger partial charge in [0, 0.05) is 37.6 Å². The minimum atomic E-state index is 0.820. The van der Waals surface area contributed by atoms with Crippen molar-refractivity contribution in [1.82, 2.24) is 0 Å². The van der Waals surface area contributed by atoms with Gasteiger partial charge in [-0.3, -0.25) is 0 Å². The van der Waals surface area contributed by atoms with Gasteiger partial charge in [-0.25, -0.2) is 0 Å². The number of rotatable bonds is 4. The Bertz CT molecular complexity index is 730. The molecule has 0 aromatic heterocycles. The predicted octanol–water partition coefficient (Wildman–Crippen LogP) is 4.31. The quantitative estimate of drug-likeness (QED) is 0.740. The van der Waals surface area contributed by atoms with Crippen molar-refractivity contribution in [2.24, 2.45) is 0 Å². The standard InChI is InChI=1S/C24H30N2O2/c1-19(21-3-7-23(8-4-21)25-11-15-27-16-12-25)20(2)22-5-9-24(10-6-22)26-13-17-28-18-14-26/h3-10H,11-18H2,1-2H3. The zero-order chi connectivity index (χ0) is 19.3. The van der Waals surface area contributed by atoms with Crippen LogP contribution in [0.5, 0.6) is 0 Å². The molecule has 0 unspecified atom stereocenters. The van der Waals surface area contributed by atoms with Gasteiger partial charge in [-0.2, -0.15) is 0 Å². The summed E-state index contributed by atoms with van der Waals surface area (Å²) >= 11 is 0. The molecule has 0 N–H and O–H groups in total. The lowest BCUT2D eigenvalue weighted by Crippen LogP contribution is -2.36. The van der Waals surface area contributed by atoms with Crippen LogP contribution in [-0.2, 0) is 9.47 Å². The van der Waals surface area contributed by atoms with E-state index in [4.69, 9.17) is 9.47 Å². The van der Waals surface area contributed by atoms with Crippen molar-refractivity contribution in [3.8, 4) is 0 Å². The third-order valence-electron chi connectivity index (χ3n) is 5.92. The molecule has 0 amide bonds. The van der Waals surface area contributed by atoms with E-state index in [1.165, 1.54) is 33.6 Å². The number of hydrogen-bond acceptors (Lipinski definition) is 4. The summed E-state index contributed by atoms with van der Waals surface area (Å²) in [5.41, 5.74) is 7.79. The average Bonchev–Trinajstić information content (AvgIpc) is 2.79. The van der Waals surface area contributed by atoms with Crippen molar-refractivity contribution in [1.29, 1.82) is 0 Å². The van der Waals surface area contributed by atoms with E-state index < -0.39 is 0 Å². The summed E-state index contributed by atoms with van der Waals surface area (Å²) < 4.78 is 10.9. The minimum absolute atomic E-state index is 0.820. The molecule has 0 atom stereocenters. The molecule has 2 saturated heterocycles. The van der Waals surface area contributed by atoms with Gasteiger partial charge in [-0.15, -0.1) is 0 Å². The highest BCUT2D eigenvalue weighted by molar-refractivity contribution is 5.89. The summed E-state index contributed by atoms with van der Waals surface area (Å²) in [6.07, 6.45) is 0. The topological polar surface area (TPSA) is 24.9 Å². The van der Waals surface area contributed by atoms with Crippen molar-refractivity contribution in [2.75, 3.05) is 62.4 Å². The number of anilines is 2. The SMILES string of the molecule is CC(=C(C)c1ccc(N2CCOCC2)cc1)c1ccc(N2CCOCC2)cc1. The molecule has 0 spiro atoms. The van der Waals surface area contributed by atoms with Crippen LogP contribution >= 0.6 is 0 Å². The van der Waals surface area contributed by atoms with Crippen molar-refractivity contribution < 1.29 is 9.47 Å². The molecule has 28 heavy (non-hydrogen) atoms. The number of morpholine rings is 2. The number of allylic oxidation sites excluding steroid dienone is 2. The highest BCUT2D eigenvalue weighted by Crippen LogP contribution is 2.29. The van der Waals surface area contributed by atoms with E-state index in [1.54, 1.807) is 0 Å². The molecular formula is C24H30N2O2. The molecule has 0 bridgehead atoms. The van der Waals surface area contributed by atoms with Crippen LogP contribution in [0.4, 0.5) is 11.4 Å². The van der Waals surface area contributed by atoms with E-state index in [-0.39, 0.29) is 0 Å². The third kappa shape index (κ3) is 4.23. The van der Waals surface area contributed by atoms with Gasteiger partial charge in [0.1, 0.15) is 0 Å². The molecule has 2 aromatic carbocycles. The van der Waals surface area contributed by atoms with Gasteiger partial charge in [-0.05, 0) is 60.4 Å². The van der Waals surface area contributed by atoms with Crippen molar-refractivity contribution in [3.05, 3.63) is 59.7 Å². The van der Waals surface area contributed by atoms with Crippen LogP contribution in [0.3, 0.4) is 0 Å². The summed E-state index contributed by atoms with van der Waals surface area (Å²) in [7, 11) is 0. The maximum absolute atomic E-state index is 5.45. The van der Waals surface area contributed by atoms with Crippen LogP contribution < -0.4 is 9.80 Å². The molecule has 2 aliphatic rings. The van der Waals surface area contributed by atoms with E-state index in [2.05, 4.69) is 72.2 Å². The van der Waals surface area contributed by atoms with Crippen molar-refractivity contribution in [2.45, 2.75) is 13.8 Å². The lowest BCUT2D eigenvalue weighted by molar-refractivity contribution is 0.122. The highest BCUT2D eigenvalue weighted by Gasteiger charge is 2.13. The van der Waals surface area contributed by atoms with E-state index in [1.807, 2.05) is 0 Å². The van der Waals surface area contributed by atoms with Crippen LogP contribution in [0.15, 0.2) is 48.5 Å². The normalized spacial score (nSPS) is 18.8. The fourth-order valence-corrected chi connectivity index (χ4v) is 3.92. The first kappa shape index (κ1) is 19.0. The summed E-state index contributed by atoms with van der Waals surface area (Å²) in [6.45, 7) is 11.6. The molecule has 148 valence electrons. The molecule has 0 saturated carbocycles. The second-order valence-corrected chi connectivity index (χ2v) is 7.54. The molecular weight excluding hydrogens is 348 g/mol. The van der Waals surface area contributed by atoms with E-state index in [9.17, 15) is 0 Å². The zero-order valence-electron chi connectivity index (χ0n) is 17.0. The lowest BCUT2D eigenvalue weighted by atomic mass is 9.96. The maximum Gasteiger partial charge on any atom is 0.0642 e. The fraction of sp³-hybridized carbons (Fsp3) is 0.417. The maximum atomic E-state index is 5.45. The first-order valence-electron chi connectivity index (χ1n) is 10.3. The monoisotopic (exact) mass is 378 g/mol. The minimum Gasteiger partial charge on any atom is -0.378 e. The molecule has 2 aliphatic heterocycles. The highest BCUT2D eigenvalue weighted by atomic mass is 16.5. The van der Waals surface area contributed by atoms with Crippen LogP contribution in [0.1, 0.15) is 25.0 Å². The molecule has 4 heteroatoms. The molecule has 0 aliphatic carbocycles. The molecule has 0 radical (unpaired) electrons. The Kier molecular flexibility index (Phi) is 5.98. The smallest absolute Gasteiger partial charge is 0.0642 e. The van der Waals surface area contributed by atoms with E-state index in [0.717, 1.165) is 52.6 Å². The van der Waals surface area contributed by atoms with Crippen LogP contribution in [-0.4, -0.2) is 52.6 Å². The van der Waals surface area contributed by atoms with Crippen LogP contribution in [0.25, 0.3) is 11.1 Å². The van der Waals surface area contributed by atoms with Gasteiger partial charge in [0.25, 0.3) is 0 Å². The average molecular weight is 379 g/mol. The van der Waals surface area contributed by atoms with Crippen molar-refractivity contribution in [3.63, 3.8) is 0 Å². The first-order chi connectivity index (χ1) is 13.7. The van der Waals surface area contributed by atoms with Gasteiger partial charge in [0.15, 0.2) is 0 Å². The predicted molar refractivity (Wildman–Crippen MR) is 117 cm³/mol. The number of ether oxygens (including phenoxy) is 2. The Morgan fingerprint density at radius 2 is 0.893 bits per heavy atom. The molecule has 4 rings (SSSR count). The Balaban J connectivity index is 1.49. The van der Waals surface area contributed by atoms with Gasteiger partial charge in [-0.1, -0.05) is 24.3 Å². The number of nitrogens with zero attached hydrogens (tertiary/aromatic N) is 2. The Labute approximate surface area is 168 Å². The second-order valence-electron chi connectivity index (χ2n) is 7.54. The summed E-state index contributed by atoms with van der Waals surface area (Å²) in [6, 6.07) is 17.9. The first-order valence-corrected chi connectivity index (χ1v) is 10.3. The Hall–Kier alpha value is -2.30. The fourth-order valence-electron chi connectivity index (χ4n) is 3.92. The van der Waals surface area contributed by atoms with Crippen molar-refractivity contribution >= 4 is 22.5 Å². The molecule has 2 heterocycles. The lowest BCUT2D eigenvalue weighted by Gasteiger charge is -2.29. The van der Waals surface area contributed by atoms with Gasteiger partial charge < -0.3 is 19.3 Å². The third-order valence-corrected chi connectivity index (χ3v) is 5.92. The zero-order valence-corrected chi connectivity index (χ0v) is 17.0. The second kappa shape index (κ2) is 8.80. The van der Waals surface area contributed by atoms with Gasteiger partial charge >= 0.3 is 0 Å². The molecule has 4 nitrogen and oxygen atoms in total. The summed E-state index contributed by atoms with van der Waals surface area (Å²) in [5.74, 6) is 0. The van der Waals surface area contributed by atoms with Gasteiger partial charge in [0.2, 0.25) is 0 Å². The summed E-state index contributed by atoms with van der Waals surface area (Å²) in [5, 5.41) is 0. The van der Waals surface area contributed by atoms with E-state index >= 15 is 0 Å². The molecule has 2 fully saturated rings. The molecule has 2 aromatic rings. The Morgan fingerprint density at radius 1 is 0.571 bits per heavy atom. The number of benzene rings is 2. The largest absolute Gasteiger partial charge is 0.378 e.